The SMILES string of the molecule is CCNC(C)c1ccc(N2CCNC(=O)C2(C)C)c(Cl)c1. The molecule has 1 aromatic carbocycles. The van der Waals surface area contributed by atoms with Gasteiger partial charge in [-0.05, 0) is 45.0 Å². The highest BCUT2D eigenvalue weighted by molar-refractivity contribution is 6.33. The minimum absolute atomic E-state index is 0.0370. The number of rotatable bonds is 4. The number of carbonyl (C=O) groups excluding carboxylic acids is 1. The van der Waals surface area contributed by atoms with Crippen LogP contribution in [0.3, 0.4) is 0 Å². The third-order valence-electron chi connectivity index (χ3n) is 4.12. The molecule has 1 heterocycles. The summed E-state index contributed by atoms with van der Waals surface area (Å²) < 4.78 is 0. The van der Waals surface area contributed by atoms with Crippen LogP contribution in [0.25, 0.3) is 0 Å². The quantitative estimate of drug-likeness (QED) is 0.899. The predicted octanol–water partition coefficient (Wildman–Crippen LogP) is 2.73. The number of carbonyl (C=O) groups is 1. The second-order valence-corrected chi connectivity index (χ2v) is 6.36. The van der Waals surface area contributed by atoms with Crippen molar-refractivity contribution in [3.63, 3.8) is 0 Å². The Balaban J connectivity index is 2.30. The Kier molecular flexibility index (Phi) is 4.79. The maximum atomic E-state index is 12.1. The average molecular weight is 310 g/mol. The van der Waals surface area contributed by atoms with Gasteiger partial charge in [0.05, 0.1) is 10.7 Å². The summed E-state index contributed by atoms with van der Waals surface area (Å²) in [6.45, 7) is 10.4. The Hall–Kier alpha value is -1.26. The van der Waals surface area contributed by atoms with Gasteiger partial charge in [0.2, 0.25) is 5.91 Å². The average Bonchev–Trinajstić information content (AvgIpc) is 2.42. The zero-order valence-corrected chi connectivity index (χ0v) is 13.9. The summed E-state index contributed by atoms with van der Waals surface area (Å²) in [7, 11) is 0. The number of amides is 1. The maximum Gasteiger partial charge on any atom is 0.245 e. The van der Waals surface area contributed by atoms with Crippen LogP contribution < -0.4 is 15.5 Å². The van der Waals surface area contributed by atoms with Gasteiger partial charge in [0.1, 0.15) is 5.54 Å². The molecule has 5 heteroatoms. The largest absolute Gasteiger partial charge is 0.355 e. The molecule has 1 atom stereocenters. The predicted molar refractivity (Wildman–Crippen MR) is 88.0 cm³/mol. The van der Waals surface area contributed by atoms with Gasteiger partial charge < -0.3 is 15.5 Å². The van der Waals surface area contributed by atoms with E-state index in [9.17, 15) is 4.79 Å². The highest BCUT2D eigenvalue weighted by atomic mass is 35.5. The number of anilines is 1. The Morgan fingerprint density at radius 1 is 1.48 bits per heavy atom. The van der Waals surface area contributed by atoms with Crippen LogP contribution in [0.15, 0.2) is 18.2 Å². The molecule has 1 aromatic rings. The van der Waals surface area contributed by atoms with Crippen molar-refractivity contribution in [1.82, 2.24) is 10.6 Å². The minimum Gasteiger partial charge on any atom is -0.355 e. The molecule has 1 saturated heterocycles. The normalized spacial score (nSPS) is 19.3. The number of benzene rings is 1. The topological polar surface area (TPSA) is 44.4 Å². The number of piperazine rings is 1. The van der Waals surface area contributed by atoms with Crippen molar-refractivity contribution in [1.29, 1.82) is 0 Å². The zero-order valence-electron chi connectivity index (χ0n) is 13.2. The van der Waals surface area contributed by atoms with Crippen molar-refractivity contribution < 1.29 is 4.79 Å². The molecule has 0 aromatic heterocycles. The fourth-order valence-electron chi connectivity index (χ4n) is 2.76. The Bertz CT molecular complexity index is 530. The molecule has 4 nitrogen and oxygen atoms in total. The molecule has 2 rings (SSSR count). The maximum absolute atomic E-state index is 12.1. The molecule has 1 aliphatic rings. The van der Waals surface area contributed by atoms with Gasteiger partial charge in [-0.3, -0.25) is 4.79 Å². The Labute approximate surface area is 131 Å². The summed E-state index contributed by atoms with van der Waals surface area (Å²) in [5.74, 6) is 0.0370. The van der Waals surface area contributed by atoms with Crippen LogP contribution in [0.5, 0.6) is 0 Å². The molecular formula is C16H24ClN3O. The van der Waals surface area contributed by atoms with Gasteiger partial charge in [0, 0.05) is 19.1 Å². The summed E-state index contributed by atoms with van der Waals surface area (Å²) in [6, 6.07) is 6.36. The third-order valence-corrected chi connectivity index (χ3v) is 4.43. The van der Waals surface area contributed by atoms with Crippen LogP contribution in [0.1, 0.15) is 39.3 Å². The second kappa shape index (κ2) is 6.24. The fraction of sp³-hybridized carbons (Fsp3) is 0.562. The highest BCUT2D eigenvalue weighted by Gasteiger charge is 2.38. The molecule has 21 heavy (non-hydrogen) atoms. The lowest BCUT2D eigenvalue weighted by atomic mass is 9.97. The van der Waals surface area contributed by atoms with Crippen LogP contribution in [0.4, 0.5) is 5.69 Å². The summed E-state index contributed by atoms with van der Waals surface area (Å²) in [5.41, 5.74) is 1.49. The molecule has 0 aliphatic carbocycles. The van der Waals surface area contributed by atoms with Crippen LogP contribution in [-0.4, -0.2) is 31.1 Å². The molecule has 2 N–H and O–H groups in total. The molecule has 116 valence electrons. The number of nitrogens with zero attached hydrogens (tertiary/aromatic N) is 1. The molecule has 1 unspecified atom stereocenters. The number of halogens is 1. The number of hydrogen-bond acceptors (Lipinski definition) is 3. The van der Waals surface area contributed by atoms with Gasteiger partial charge in [0.25, 0.3) is 0 Å². The molecule has 1 amide bonds. The Morgan fingerprint density at radius 2 is 2.19 bits per heavy atom. The van der Waals surface area contributed by atoms with E-state index >= 15 is 0 Å². The monoisotopic (exact) mass is 309 g/mol. The minimum atomic E-state index is -0.587. The third kappa shape index (κ3) is 3.16. The molecule has 0 bridgehead atoms. The number of hydrogen-bond donors (Lipinski definition) is 2. The lowest BCUT2D eigenvalue weighted by molar-refractivity contribution is -0.126. The van der Waals surface area contributed by atoms with Crippen molar-refractivity contribution in [2.45, 2.75) is 39.3 Å². The van der Waals surface area contributed by atoms with Crippen LogP contribution in [0.2, 0.25) is 5.02 Å². The lowest BCUT2D eigenvalue weighted by Gasteiger charge is -2.43. The van der Waals surface area contributed by atoms with Crippen molar-refractivity contribution in [2.24, 2.45) is 0 Å². The van der Waals surface area contributed by atoms with Crippen molar-refractivity contribution in [3.05, 3.63) is 28.8 Å². The van der Waals surface area contributed by atoms with E-state index in [1.165, 1.54) is 0 Å². The summed E-state index contributed by atoms with van der Waals surface area (Å²) in [5, 5.41) is 6.97. The zero-order chi connectivity index (χ0) is 15.6. The Morgan fingerprint density at radius 3 is 2.81 bits per heavy atom. The first-order valence-electron chi connectivity index (χ1n) is 7.46. The molecule has 0 saturated carbocycles. The smallest absolute Gasteiger partial charge is 0.245 e. The van der Waals surface area contributed by atoms with E-state index in [0.29, 0.717) is 11.6 Å². The van der Waals surface area contributed by atoms with Crippen LogP contribution in [0, 0.1) is 0 Å². The fourth-order valence-corrected chi connectivity index (χ4v) is 3.05. The highest BCUT2D eigenvalue weighted by Crippen LogP contribution is 2.34. The van der Waals surface area contributed by atoms with E-state index in [1.54, 1.807) is 0 Å². The van der Waals surface area contributed by atoms with E-state index in [0.717, 1.165) is 24.3 Å². The van der Waals surface area contributed by atoms with Crippen molar-refractivity contribution in [3.8, 4) is 0 Å². The van der Waals surface area contributed by atoms with Gasteiger partial charge in [0.15, 0.2) is 0 Å². The number of nitrogens with one attached hydrogen (secondary N) is 2. The van der Waals surface area contributed by atoms with Crippen molar-refractivity contribution in [2.75, 3.05) is 24.5 Å². The molecule has 1 aliphatic heterocycles. The van der Waals surface area contributed by atoms with E-state index in [-0.39, 0.29) is 11.9 Å². The van der Waals surface area contributed by atoms with E-state index in [2.05, 4.69) is 35.4 Å². The second-order valence-electron chi connectivity index (χ2n) is 5.96. The molecular weight excluding hydrogens is 286 g/mol. The van der Waals surface area contributed by atoms with Crippen LogP contribution >= 0.6 is 11.6 Å². The molecule has 0 radical (unpaired) electrons. The van der Waals surface area contributed by atoms with Gasteiger partial charge in [-0.25, -0.2) is 0 Å². The molecule has 1 fully saturated rings. The van der Waals surface area contributed by atoms with Gasteiger partial charge >= 0.3 is 0 Å². The van der Waals surface area contributed by atoms with E-state index < -0.39 is 5.54 Å². The van der Waals surface area contributed by atoms with Gasteiger partial charge in [-0.2, -0.15) is 0 Å². The lowest BCUT2D eigenvalue weighted by Crippen LogP contribution is -2.62. The van der Waals surface area contributed by atoms with E-state index in [4.69, 9.17) is 11.6 Å². The molecule has 0 spiro atoms. The first kappa shape index (κ1) is 16.1. The standard InChI is InChI=1S/C16H24ClN3O/c1-5-18-11(2)12-6-7-14(13(17)10-12)20-9-8-19-15(21)16(20,3)4/h6-7,10-11,18H,5,8-9H2,1-4H3,(H,19,21). The summed E-state index contributed by atoms with van der Waals surface area (Å²) in [6.07, 6.45) is 0. The van der Waals surface area contributed by atoms with Crippen LogP contribution in [-0.2, 0) is 4.79 Å². The summed E-state index contributed by atoms with van der Waals surface area (Å²) in [4.78, 5) is 14.1. The van der Waals surface area contributed by atoms with Gasteiger partial charge in [-0.1, -0.05) is 24.6 Å². The first-order chi connectivity index (χ1) is 9.87. The van der Waals surface area contributed by atoms with Gasteiger partial charge in [-0.15, -0.1) is 0 Å². The first-order valence-corrected chi connectivity index (χ1v) is 7.84. The summed E-state index contributed by atoms with van der Waals surface area (Å²) >= 11 is 6.48. The van der Waals surface area contributed by atoms with Crippen molar-refractivity contribution >= 4 is 23.2 Å². The van der Waals surface area contributed by atoms with E-state index in [1.807, 2.05) is 26.0 Å².